The van der Waals surface area contributed by atoms with Crippen molar-refractivity contribution in [3.63, 3.8) is 0 Å². The van der Waals surface area contributed by atoms with E-state index >= 15 is 0 Å². The first-order chi connectivity index (χ1) is 9.33. The van der Waals surface area contributed by atoms with Gasteiger partial charge in [-0.1, -0.05) is 46.3 Å². The smallest absolute Gasteiger partial charge is 0.322 e. The van der Waals surface area contributed by atoms with Crippen LogP contribution in [0.2, 0.25) is 5.02 Å². The van der Waals surface area contributed by atoms with Crippen LogP contribution in [-0.4, -0.2) is 22.5 Å². The molecule has 1 aliphatic heterocycles. The molecule has 1 saturated heterocycles. The molecule has 1 aromatic carbocycles. The SMILES string of the molecule is CC(C)(I)C(=O)OC1(c2ccc(Cl)cc2)CCNCC1. The molecule has 2 rings (SSSR count). The van der Waals surface area contributed by atoms with E-state index in [2.05, 4.69) is 27.9 Å². The molecule has 0 aliphatic carbocycles. The molecule has 0 aromatic heterocycles. The predicted molar refractivity (Wildman–Crippen MR) is 89.4 cm³/mol. The molecule has 20 heavy (non-hydrogen) atoms. The first-order valence-electron chi connectivity index (χ1n) is 6.73. The van der Waals surface area contributed by atoms with E-state index in [9.17, 15) is 4.79 Å². The first kappa shape index (κ1) is 16.0. The van der Waals surface area contributed by atoms with Crippen molar-refractivity contribution < 1.29 is 9.53 Å². The molecule has 0 atom stereocenters. The quantitative estimate of drug-likeness (QED) is 0.472. The van der Waals surface area contributed by atoms with Crippen LogP contribution in [0.5, 0.6) is 0 Å². The molecular weight excluding hydrogens is 389 g/mol. The van der Waals surface area contributed by atoms with Crippen LogP contribution in [0.3, 0.4) is 0 Å². The number of nitrogens with one attached hydrogen (secondary N) is 1. The van der Waals surface area contributed by atoms with Crippen molar-refractivity contribution >= 4 is 40.2 Å². The average Bonchev–Trinajstić information content (AvgIpc) is 2.39. The minimum atomic E-state index is -0.532. The van der Waals surface area contributed by atoms with Gasteiger partial charge in [0.1, 0.15) is 9.02 Å². The third kappa shape index (κ3) is 3.65. The Bertz CT molecular complexity index is 476. The number of halogens is 2. The molecule has 110 valence electrons. The van der Waals surface area contributed by atoms with Gasteiger partial charge < -0.3 is 10.1 Å². The maximum atomic E-state index is 12.3. The fourth-order valence-electron chi connectivity index (χ4n) is 2.33. The maximum Gasteiger partial charge on any atom is 0.322 e. The third-order valence-corrected chi connectivity index (χ3v) is 4.25. The summed E-state index contributed by atoms with van der Waals surface area (Å²) in [4.78, 5) is 12.3. The van der Waals surface area contributed by atoms with Gasteiger partial charge in [-0.2, -0.15) is 0 Å². The van der Waals surface area contributed by atoms with E-state index in [-0.39, 0.29) is 5.97 Å². The van der Waals surface area contributed by atoms with E-state index in [1.165, 1.54) is 0 Å². The number of carbonyl (C=O) groups is 1. The van der Waals surface area contributed by atoms with Crippen molar-refractivity contribution in [2.45, 2.75) is 35.7 Å². The standard InChI is InChI=1S/C15H19ClINO2/c1-14(2,17)13(19)20-15(7-9-18-10-8-15)11-3-5-12(16)6-4-11/h3-6,18H,7-10H2,1-2H3. The summed E-state index contributed by atoms with van der Waals surface area (Å²) >= 11 is 8.07. The summed E-state index contributed by atoms with van der Waals surface area (Å²) < 4.78 is 5.41. The van der Waals surface area contributed by atoms with Crippen LogP contribution in [0, 0.1) is 0 Å². The van der Waals surface area contributed by atoms with E-state index in [0.717, 1.165) is 31.5 Å². The van der Waals surface area contributed by atoms with E-state index in [1.807, 2.05) is 38.1 Å². The second-order valence-corrected chi connectivity index (χ2v) is 8.75. The van der Waals surface area contributed by atoms with E-state index in [0.29, 0.717) is 5.02 Å². The van der Waals surface area contributed by atoms with E-state index in [4.69, 9.17) is 16.3 Å². The molecule has 0 amide bonds. The number of benzene rings is 1. The van der Waals surface area contributed by atoms with Gasteiger partial charge in [-0.15, -0.1) is 0 Å². The highest BCUT2D eigenvalue weighted by Crippen LogP contribution is 2.37. The molecule has 0 saturated carbocycles. The van der Waals surface area contributed by atoms with Gasteiger partial charge in [0.2, 0.25) is 0 Å². The van der Waals surface area contributed by atoms with Gasteiger partial charge >= 0.3 is 5.97 Å². The zero-order chi connectivity index (χ0) is 14.8. The average molecular weight is 408 g/mol. The lowest BCUT2D eigenvalue weighted by Crippen LogP contribution is -2.45. The molecule has 1 fully saturated rings. The molecule has 3 nitrogen and oxygen atoms in total. The summed E-state index contributed by atoms with van der Waals surface area (Å²) in [6, 6.07) is 7.62. The Hall–Kier alpha value is -0.330. The number of alkyl halides is 1. The van der Waals surface area contributed by atoms with Crippen LogP contribution in [0.4, 0.5) is 0 Å². The lowest BCUT2D eigenvalue weighted by molar-refractivity contribution is -0.165. The molecule has 0 unspecified atom stereocenters. The van der Waals surface area contributed by atoms with Gasteiger partial charge in [0.15, 0.2) is 0 Å². The third-order valence-electron chi connectivity index (χ3n) is 3.56. The Balaban J connectivity index is 2.30. The van der Waals surface area contributed by atoms with Gasteiger partial charge in [-0.3, -0.25) is 4.79 Å². The molecule has 1 N–H and O–H groups in total. The Morgan fingerprint density at radius 2 is 1.85 bits per heavy atom. The number of ether oxygens (including phenoxy) is 1. The van der Waals surface area contributed by atoms with Crippen LogP contribution in [0.15, 0.2) is 24.3 Å². The molecule has 0 bridgehead atoms. The summed E-state index contributed by atoms with van der Waals surface area (Å²) in [5.41, 5.74) is 0.493. The van der Waals surface area contributed by atoms with Gasteiger partial charge in [0.25, 0.3) is 0 Å². The zero-order valence-corrected chi connectivity index (χ0v) is 14.6. The summed E-state index contributed by atoms with van der Waals surface area (Å²) in [6.45, 7) is 5.42. The van der Waals surface area contributed by atoms with Gasteiger partial charge in [0, 0.05) is 17.9 Å². The fourth-order valence-corrected chi connectivity index (χ4v) is 2.57. The molecular formula is C15H19ClINO2. The second kappa shape index (κ2) is 6.20. The minimum Gasteiger partial charge on any atom is -0.453 e. The Labute approximate surface area is 138 Å². The van der Waals surface area contributed by atoms with Crippen LogP contribution in [0.1, 0.15) is 32.3 Å². The van der Waals surface area contributed by atoms with Crippen molar-refractivity contribution in [2.24, 2.45) is 0 Å². The summed E-state index contributed by atoms with van der Waals surface area (Å²) in [5, 5.41) is 4.01. The van der Waals surface area contributed by atoms with Crippen LogP contribution >= 0.6 is 34.2 Å². The molecule has 0 radical (unpaired) electrons. The van der Waals surface area contributed by atoms with Crippen molar-refractivity contribution in [2.75, 3.05) is 13.1 Å². The normalized spacial score (nSPS) is 18.6. The van der Waals surface area contributed by atoms with Crippen molar-refractivity contribution in [3.8, 4) is 0 Å². The lowest BCUT2D eigenvalue weighted by atomic mass is 9.84. The number of hydrogen-bond acceptors (Lipinski definition) is 3. The monoisotopic (exact) mass is 407 g/mol. The molecule has 5 heteroatoms. The Kier molecular flexibility index (Phi) is 4.97. The Morgan fingerprint density at radius 1 is 1.30 bits per heavy atom. The van der Waals surface area contributed by atoms with Gasteiger partial charge in [0.05, 0.1) is 0 Å². The summed E-state index contributed by atoms with van der Waals surface area (Å²) in [6.07, 6.45) is 1.57. The highest BCUT2D eigenvalue weighted by atomic mass is 127. The van der Waals surface area contributed by atoms with Gasteiger partial charge in [-0.05, 0) is 44.6 Å². The maximum absolute atomic E-state index is 12.3. The van der Waals surface area contributed by atoms with E-state index in [1.54, 1.807) is 0 Å². The van der Waals surface area contributed by atoms with Crippen LogP contribution < -0.4 is 5.32 Å². The fraction of sp³-hybridized carbons (Fsp3) is 0.533. The zero-order valence-electron chi connectivity index (χ0n) is 11.7. The Morgan fingerprint density at radius 3 is 2.35 bits per heavy atom. The minimum absolute atomic E-state index is 0.171. The highest BCUT2D eigenvalue weighted by molar-refractivity contribution is 14.1. The highest BCUT2D eigenvalue weighted by Gasteiger charge is 2.40. The number of hydrogen-bond donors (Lipinski definition) is 1. The molecule has 0 spiro atoms. The number of esters is 1. The number of carbonyl (C=O) groups excluding carboxylic acids is 1. The van der Waals surface area contributed by atoms with Crippen molar-refractivity contribution in [3.05, 3.63) is 34.9 Å². The van der Waals surface area contributed by atoms with Crippen molar-refractivity contribution in [1.29, 1.82) is 0 Å². The largest absolute Gasteiger partial charge is 0.453 e. The van der Waals surface area contributed by atoms with Gasteiger partial charge in [-0.25, -0.2) is 0 Å². The number of rotatable bonds is 3. The van der Waals surface area contributed by atoms with Crippen molar-refractivity contribution in [1.82, 2.24) is 5.32 Å². The lowest BCUT2D eigenvalue weighted by Gasteiger charge is -2.39. The summed E-state index contributed by atoms with van der Waals surface area (Å²) in [7, 11) is 0. The van der Waals surface area contributed by atoms with Crippen LogP contribution in [0.25, 0.3) is 0 Å². The predicted octanol–water partition coefficient (Wildman–Crippen LogP) is 3.68. The first-order valence-corrected chi connectivity index (χ1v) is 8.18. The molecule has 1 aromatic rings. The van der Waals surface area contributed by atoms with E-state index < -0.39 is 9.02 Å². The molecule has 1 heterocycles. The number of piperidine rings is 1. The van der Waals surface area contributed by atoms with Crippen LogP contribution in [-0.2, 0) is 15.1 Å². The topological polar surface area (TPSA) is 38.3 Å². The molecule has 1 aliphatic rings. The second-order valence-electron chi connectivity index (χ2n) is 5.61. The summed E-state index contributed by atoms with van der Waals surface area (Å²) in [5.74, 6) is -0.171.